The summed E-state index contributed by atoms with van der Waals surface area (Å²) in [4.78, 5) is 21.0. The maximum Gasteiger partial charge on any atom is 0.311 e. The Balaban J connectivity index is 3.15. The second kappa shape index (κ2) is 5.68. The molecule has 0 aromatic heterocycles. The Kier molecular flexibility index (Phi) is 4.27. The van der Waals surface area contributed by atoms with Crippen LogP contribution in [0.15, 0.2) is 18.2 Å². The predicted octanol–water partition coefficient (Wildman–Crippen LogP) is 1.79. The van der Waals surface area contributed by atoms with Crippen LogP contribution in [0.25, 0.3) is 0 Å². The number of carbonyl (C=O) groups is 1. The van der Waals surface area contributed by atoms with E-state index in [1.807, 2.05) is 0 Å². The third kappa shape index (κ3) is 2.98. The summed E-state index contributed by atoms with van der Waals surface area (Å²) in [6.45, 7) is 1.36. The molecule has 0 fully saturated rings. The minimum Gasteiger partial charge on any atom is -0.481 e. The number of nitro benzene ring substituents is 1. The van der Waals surface area contributed by atoms with E-state index < -0.39 is 16.8 Å². The quantitative estimate of drug-likeness (QED) is 0.488. The van der Waals surface area contributed by atoms with Crippen molar-refractivity contribution in [3.05, 3.63) is 33.9 Å². The number of hydrogen-bond acceptors (Lipinski definition) is 4. The molecule has 0 bridgehead atoms. The van der Waals surface area contributed by atoms with Gasteiger partial charge in [0.25, 0.3) is 0 Å². The average Bonchev–Trinajstić information content (AvgIpc) is 2.34. The van der Waals surface area contributed by atoms with Gasteiger partial charge in [-0.05, 0) is 18.6 Å². The van der Waals surface area contributed by atoms with Crippen molar-refractivity contribution in [1.82, 2.24) is 0 Å². The van der Waals surface area contributed by atoms with Crippen LogP contribution in [0, 0.1) is 22.5 Å². The predicted molar refractivity (Wildman–Crippen MR) is 63.5 cm³/mol. The molecule has 1 N–H and O–H groups in total. The summed E-state index contributed by atoms with van der Waals surface area (Å²) >= 11 is 0. The van der Waals surface area contributed by atoms with Gasteiger partial charge < -0.3 is 9.84 Å². The lowest BCUT2D eigenvalue weighted by atomic mass is 10.0. The maximum atomic E-state index is 10.9. The van der Waals surface area contributed by atoms with Crippen molar-refractivity contribution in [1.29, 1.82) is 0 Å². The van der Waals surface area contributed by atoms with Crippen LogP contribution in [0.1, 0.15) is 18.4 Å². The third-order valence-electron chi connectivity index (χ3n) is 2.36. The van der Waals surface area contributed by atoms with E-state index >= 15 is 0 Å². The molecule has 0 heterocycles. The van der Waals surface area contributed by atoms with Gasteiger partial charge in [0.1, 0.15) is 6.61 Å². The molecule has 0 saturated heterocycles. The molecule has 1 aromatic rings. The van der Waals surface area contributed by atoms with Crippen LogP contribution >= 0.6 is 0 Å². The SMILES string of the molecule is C#CCOc1ccc(C(C)C(=O)O)cc1[N+](=O)[O-]. The number of nitro groups is 1. The highest BCUT2D eigenvalue weighted by atomic mass is 16.6. The molecule has 1 aromatic carbocycles. The second-order valence-corrected chi connectivity index (χ2v) is 3.54. The first-order chi connectivity index (χ1) is 8.47. The van der Waals surface area contributed by atoms with Crippen LogP contribution in [-0.4, -0.2) is 22.6 Å². The molecule has 0 spiro atoms. The van der Waals surface area contributed by atoms with Crippen LogP contribution in [0.5, 0.6) is 5.75 Å². The first-order valence-electron chi connectivity index (χ1n) is 5.04. The highest BCUT2D eigenvalue weighted by Gasteiger charge is 2.21. The number of benzene rings is 1. The Labute approximate surface area is 103 Å². The van der Waals surface area contributed by atoms with Crippen LogP contribution < -0.4 is 4.74 Å². The summed E-state index contributed by atoms with van der Waals surface area (Å²) in [5.74, 6) is 0.344. The van der Waals surface area contributed by atoms with Gasteiger partial charge in [-0.1, -0.05) is 12.0 Å². The van der Waals surface area contributed by atoms with E-state index in [9.17, 15) is 14.9 Å². The number of hydrogen-bond donors (Lipinski definition) is 1. The first-order valence-corrected chi connectivity index (χ1v) is 5.04. The molecule has 1 atom stereocenters. The van der Waals surface area contributed by atoms with Crippen molar-refractivity contribution in [2.45, 2.75) is 12.8 Å². The van der Waals surface area contributed by atoms with Gasteiger partial charge in [0, 0.05) is 6.07 Å². The number of rotatable bonds is 5. The molecular formula is C12H11NO5. The molecule has 0 aliphatic carbocycles. The van der Waals surface area contributed by atoms with Crippen molar-refractivity contribution in [2.24, 2.45) is 0 Å². The van der Waals surface area contributed by atoms with E-state index in [4.69, 9.17) is 16.3 Å². The highest BCUT2D eigenvalue weighted by molar-refractivity contribution is 5.76. The number of carboxylic acids is 1. The van der Waals surface area contributed by atoms with Gasteiger partial charge in [-0.2, -0.15) is 0 Å². The van der Waals surface area contributed by atoms with E-state index in [0.717, 1.165) is 0 Å². The Morgan fingerprint density at radius 2 is 2.33 bits per heavy atom. The van der Waals surface area contributed by atoms with Crippen LogP contribution in [0.3, 0.4) is 0 Å². The zero-order valence-electron chi connectivity index (χ0n) is 9.62. The number of aliphatic carboxylic acids is 1. The molecule has 1 unspecified atom stereocenters. The minimum atomic E-state index is -1.05. The van der Waals surface area contributed by atoms with Gasteiger partial charge in [0.15, 0.2) is 5.75 Å². The number of nitrogens with zero attached hydrogens (tertiary/aromatic N) is 1. The summed E-state index contributed by atoms with van der Waals surface area (Å²) in [7, 11) is 0. The average molecular weight is 249 g/mol. The van der Waals surface area contributed by atoms with Gasteiger partial charge in [-0.25, -0.2) is 0 Å². The molecule has 0 amide bonds. The molecule has 6 heteroatoms. The standard InChI is InChI=1S/C12H11NO5/c1-3-6-18-11-5-4-9(8(2)12(14)15)7-10(11)13(16)17/h1,4-5,7-8H,6H2,2H3,(H,14,15). The molecule has 0 aliphatic heterocycles. The largest absolute Gasteiger partial charge is 0.481 e. The number of ether oxygens (including phenoxy) is 1. The van der Waals surface area contributed by atoms with Crippen molar-refractivity contribution >= 4 is 11.7 Å². The van der Waals surface area contributed by atoms with Crippen molar-refractivity contribution < 1.29 is 19.6 Å². The van der Waals surface area contributed by atoms with Crippen molar-refractivity contribution in [2.75, 3.05) is 6.61 Å². The summed E-state index contributed by atoms with van der Waals surface area (Å²) in [5, 5.41) is 19.7. The fourth-order valence-electron chi connectivity index (χ4n) is 1.33. The van der Waals surface area contributed by atoms with E-state index in [1.54, 1.807) is 0 Å². The summed E-state index contributed by atoms with van der Waals surface area (Å²) in [5.41, 5.74) is 0.0399. The molecule has 0 radical (unpaired) electrons. The lowest BCUT2D eigenvalue weighted by Crippen LogP contribution is -2.08. The molecule has 0 aliphatic rings. The Bertz CT molecular complexity index is 518. The normalized spacial score (nSPS) is 11.3. The monoisotopic (exact) mass is 249 g/mol. The van der Waals surface area contributed by atoms with Crippen LogP contribution in [0.4, 0.5) is 5.69 Å². The molecule has 6 nitrogen and oxygen atoms in total. The molecular weight excluding hydrogens is 238 g/mol. The summed E-state index contributed by atoms with van der Waals surface area (Å²) in [6.07, 6.45) is 5.00. The molecule has 18 heavy (non-hydrogen) atoms. The lowest BCUT2D eigenvalue weighted by molar-refractivity contribution is -0.385. The van der Waals surface area contributed by atoms with E-state index in [1.165, 1.54) is 25.1 Å². The van der Waals surface area contributed by atoms with Gasteiger partial charge in [-0.15, -0.1) is 6.42 Å². The summed E-state index contributed by atoms with van der Waals surface area (Å²) < 4.78 is 5.02. The minimum absolute atomic E-state index is 0.0271. The number of terminal acetylenes is 1. The van der Waals surface area contributed by atoms with Crippen LogP contribution in [0.2, 0.25) is 0 Å². The molecule has 1 rings (SSSR count). The van der Waals surface area contributed by atoms with E-state index in [2.05, 4.69) is 5.92 Å². The highest BCUT2D eigenvalue weighted by Crippen LogP contribution is 2.30. The van der Waals surface area contributed by atoms with Gasteiger partial charge in [0.05, 0.1) is 10.8 Å². The fraction of sp³-hybridized carbons (Fsp3) is 0.250. The van der Waals surface area contributed by atoms with Gasteiger partial charge in [0.2, 0.25) is 0 Å². The van der Waals surface area contributed by atoms with Crippen LogP contribution in [-0.2, 0) is 4.79 Å². The Morgan fingerprint density at radius 1 is 1.67 bits per heavy atom. The van der Waals surface area contributed by atoms with Gasteiger partial charge in [-0.3, -0.25) is 14.9 Å². The van der Waals surface area contributed by atoms with Crippen molar-refractivity contribution in [3.8, 4) is 18.1 Å². The molecule has 94 valence electrons. The smallest absolute Gasteiger partial charge is 0.311 e. The Morgan fingerprint density at radius 3 is 2.83 bits per heavy atom. The topological polar surface area (TPSA) is 89.7 Å². The maximum absolute atomic E-state index is 10.9. The lowest BCUT2D eigenvalue weighted by Gasteiger charge is -2.08. The third-order valence-corrected chi connectivity index (χ3v) is 2.36. The number of carboxylic acid groups (broad SMARTS) is 1. The van der Waals surface area contributed by atoms with E-state index in [-0.39, 0.29) is 18.0 Å². The van der Waals surface area contributed by atoms with Crippen molar-refractivity contribution in [3.63, 3.8) is 0 Å². The Hall–Kier alpha value is -2.55. The second-order valence-electron chi connectivity index (χ2n) is 3.54. The van der Waals surface area contributed by atoms with Gasteiger partial charge >= 0.3 is 11.7 Å². The zero-order chi connectivity index (χ0) is 13.7. The van der Waals surface area contributed by atoms with E-state index in [0.29, 0.717) is 5.56 Å². The first kappa shape index (κ1) is 13.5. The zero-order valence-corrected chi connectivity index (χ0v) is 9.62. The summed E-state index contributed by atoms with van der Waals surface area (Å²) in [6, 6.07) is 4.01. The fourth-order valence-corrected chi connectivity index (χ4v) is 1.33. The molecule has 0 saturated carbocycles.